The predicted molar refractivity (Wildman–Crippen MR) is 99.2 cm³/mol. The first-order chi connectivity index (χ1) is 12.0. The maximum Gasteiger partial charge on any atom is 0.254 e. The second-order valence-electron chi connectivity index (χ2n) is 7.89. The number of rotatable bonds is 4. The molecule has 0 aliphatic carbocycles. The van der Waals surface area contributed by atoms with Crippen LogP contribution in [0.15, 0.2) is 12.4 Å². The van der Waals surface area contributed by atoms with E-state index in [0.717, 1.165) is 24.6 Å². The minimum absolute atomic E-state index is 0.390. The lowest BCUT2D eigenvalue weighted by Crippen LogP contribution is -2.64. The van der Waals surface area contributed by atoms with E-state index in [-0.39, 0.29) is 0 Å². The second-order valence-corrected chi connectivity index (χ2v) is 7.89. The second kappa shape index (κ2) is 6.53. The molecule has 136 valence electrons. The zero-order valence-electron chi connectivity index (χ0n) is 15.8. The summed E-state index contributed by atoms with van der Waals surface area (Å²) < 4.78 is 1.87. The Hall–Kier alpha value is -1.73. The van der Waals surface area contributed by atoms with Crippen LogP contribution in [-0.4, -0.2) is 80.7 Å². The Kier molecular flexibility index (Phi) is 4.37. The van der Waals surface area contributed by atoms with Gasteiger partial charge in [0.2, 0.25) is 0 Å². The quantitative estimate of drug-likeness (QED) is 0.838. The molecule has 2 aromatic rings. The van der Waals surface area contributed by atoms with Gasteiger partial charge in [-0.05, 0) is 19.8 Å². The van der Waals surface area contributed by atoms with E-state index in [1.165, 1.54) is 26.2 Å². The zero-order valence-corrected chi connectivity index (χ0v) is 15.8. The number of hydrogen-bond acceptors (Lipinski definition) is 6. The van der Waals surface area contributed by atoms with Gasteiger partial charge in [-0.3, -0.25) is 9.80 Å². The summed E-state index contributed by atoms with van der Waals surface area (Å²) >= 11 is 0. The molecule has 2 aliphatic heterocycles. The van der Waals surface area contributed by atoms with Gasteiger partial charge in [0, 0.05) is 57.4 Å². The summed E-state index contributed by atoms with van der Waals surface area (Å²) in [5, 5.41) is 4.37. The van der Waals surface area contributed by atoms with E-state index in [9.17, 15) is 0 Å². The topological polar surface area (TPSA) is 52.8 Å². The van der Waals surface area contributed by atoms with Crippen molar-refractivity contribution in [1.29, 1.82) is 0 Å². The van der Waals surface area contributed by atoms with Gasteiger partial charge in [-0.25, -0.2) is 4.98 Å². The average molecular weight is 343 g/mol. The highest BCUT2D eigenvalue weighted by Crippen LogP contribution is 2.27. The summed E-state index contributed by atoms with van der Waals surface area (Å²) in [6, 6.07) is 3.50. The lowest BCUT2D eigenvalue weighted by atomic mass is 10.0. The number of piperazine rings is 1. The van der Waals surface area contributed by atoms with Crippen LogP contribution in [0.5, 0.6) is 0 Å². The molecule has 0 amide bonds. The maximum atomic E-state index is 4.62. The molecule has 2 aromatic heterocycles. The maximum absolute atomic E-state index is 4.62. The molecule has 0 radical (unpaired) electrons. The van der Waals surface area contributed by atoms with E-state index >= 15 is 0 Å². The summed E-state index contributed by atoms with van der Waals surface area (Å²) in [5.74, 6) is 2.22. The van der Waals surface area contributed by atoms with Crippen molar-refractivity contribution < 1.29 is 0 Å². The van der Waals surface area contributed by atoms with E-state index in [0.29, 0.717) is 23.8 Å². The van der Waals surface area contributed by atoms with Gasteiger partial charge in [0.05, 0.1) is 5.69 Å². The third-order valence-corrected chi connectivity index (χ3v) is 5.63. The minimum Gasteiger partial charge on any atom is -0.353 e. The third kappa shape index (κ3) is 3.11. The first-order valence-electron chi connectivity index (χ1n) is 9.46. The number of nitrogens with zero attached hydrogens (tertiary/aromatic N) is 7. The van der Waals surface area contributed by atoms with Crippen LogP contribution in [0.1, 0.15) is 39.3 Å². The molecule has 0 bridgehead atoms. The molecule has 2 saturated heterocycles. The molecule has 0 spiro atoms. The number of anilines is 1. The monoisotopic (exact) mass is 343 g/mol. The van der Waals surface area contributed by atoms with Crippen LogP contribution in [0.25, 0.3) is 5.78 Å². The molecule has 4 rings (SSSR count). The fraction of sp³-hybridized carbons (Fsp3) is 0.722. The van der Waals surface area contributed by atoms with Crippen molar-refractivity contribution in [3.05, 3.63) is 18.1 Å². The number of aromatic nitrogens is 4. The fourth-order valence-corrected chi connectivity index (χ4v) is 3.83. The molecular weight excluding hydrogens is 314 g/mol. The first kappa shape index (κ1) is 16.7. The molecule has 0 aromatic carbocycles. The van der Waals surface area contributed by atoms with Gasteiger partial charge in [-0.1, -0.05) is 13.8 Å². The largest absolute Gasteiger partial charge is 0.353 e. The van der Waals surface area contributed by atoms with E-state index in [4.69, 9.17) is 0 Å². The molecule has 0 saturated carbocycles. The SMILES string of the molecule is CC(C)c1cc(N2CC(N3CCN(C(C)C)CC3)C2)n2ncnc2n1. The summed E-state index contributed by atoms with van der Waals surface area (Å²) in [4.78, 5) is 16.5. The Labute approximate surface area is 149 Å². The smallest absolute Gasteiger partial charge is 0.254 e. The Bertz CT molecular complexity index is 724. The van der Waals surface area contributed by atoms with E-state index in [2.05, 4.69) is 63.5 Å². The predicted octanol–water partition coefficient (Wildman–Crippen LogP) is 1.46. The fourth-order valence-electron chi connectivity index (χ4n) is 3.83. The molecule has 4 heterocycles. The first-order valence-corrected chi connectivity index (χ1v) is 9.46. The molecule has 25 heavy (non-hydrogen) atoms. The van der Waals surface area contributed by atoms with Gasteiger partial charge < -0.3 is 4.90 Å². The summed E-state index contributed by atoms with van der Waals surface area (Å²) in [7, 11) is 0. The summed E-state index contributed by atoms with van der Waals surface area (Å²) in [5.41, 5.74) is 1.09. The van der Waals surface area contributed by atoms with Crippen molar-refractivity contribution in [2.75, 3.05) is 44.2 Å². The number of fused-ring (bicyclic) bond motifs is 1. The molecule has 7 heteroatoms. The van der Waals surface area contributed by atoms with Crippen molar-refractivity contribution >= 4 is 11.6 Å². The van der Waals surface area contributed by atoms with Crippen molar-refractivity contribution in [2.24, 2.45) is 0 Å². The van der Waals surface area contributed by atoms with Gasteiger partial charge in [0.25, 0.3) is 5.78 Å². The zero-order chi connectivity index (χ0) is 17.6. The van der Waals surface area contributed by atoms with Crippen molar-refractivity contribution in [3.8, 4) is 0 Å². The molecule has 2 aliphatic rings. The van der Waals surface area contributed by atoms with Crippen LogP contribution in [0.2, 0.25) is 0 Å². The summed E-state index contributed by atoms with van der Waals surface area (Å²) in [6.45, 7) is 15.8. The van der Waals surface area contributed by atoms with Crippen LogP contribution < -0.4 is 4.90 Å². The Balaban J connectivity index is 1.44. The molecule has 0 unspecified atom stereocenters. The highest BCUT2D eigenvalue weighted by molar-refractivity contribution is 5.50. The highest BCUT2D eigenvalue weighted by Gasteiger charge is 2.35. The van der Waals surface area contributed by atoms with Gasteiger partial charge in [0.15, 0.2) is 0 Å². The normalized spacial score (nSPS) is 20.8. The third-order valence-electron chi connectivity index (χ3n) is 5.63. The minimum atomic E-state index is 0.390. The standard InChI is InChI=1S/C18H29N7/c1-13(2)16-9-17(25-18(21-16)19-12-20-25)24-10-15(11-24)23-7-5-22(6-8-23)14(3)4/h9,12-15H,5-8,10-11H2,1-4H3. The molecule has 0 atom stereocenters. The van der Waals surface area contributed by atoms with Crippen LogP contribution in [-0.2, 0) is 0 Å². The van der Waals surface area contributed by atoms with E-state index in [1.54, 1.807) is 6.33 Å². The Morgan fingerprint density at radius 3 is 2.40 bits per heavy atom. The van der Waals surface area contributed by atoms with Gasteiger partial charge in [-0.15, -0.1) is 0 Å². The Morgan fingerprint density at radius 2 is 1.76 bits per heavy atom. The molecular formula is C18H29N7. The lowest BCUT2D eigenvalue weighted by molar-refractivity contribution is 0.0675. The van der Waals surface area contributed by atoms with Crippen LogP contribution in [0, 0.1) is 0 Å². The molecule has 0 N–H and O–H groups in total. The van der Waals surface area contributed by atoms with Crippen molar-refractivity contribution in [3.63, 3.8) is 0 Å². The van der Waals surface area contributed by atoms with Gasteiger partial charge >= 0.3 is 0 Å². The molecule has 2 fully saturated rings. The molecule has 7 nitrogen and oxygen atoms in total. The van der Waals surface area contributed by atoms with Gasteiger partial charge in [0.1, 0.15) is 12.1 Å². The van der Waals surface area contributed by atoms with E-state index in [1.807, 2.05) is 4.52 Å². The Morgan fingerprint density at radius 1 is 1.04 bits per heavy atom. The lowest BCUT2D eigenvalue weighted by Gasteiger charge is -2.49. The average Bonchev–Trinajstić information content (AvgIpc) is 3.02. The van der Waals surface area contributed by atoms with E-state index < -0.39 is 0 Å². The van der Waals surface area contributed by atoms with Crippen LogP contribution in [0.3, 0.4) is 0 Å². The van der Waals surface area contributed by atoms with Crippen LogP contribution in [0.4, 0.5) is 5.82 Å². The van der Waals surface area contributed by atoms with Gasteiger partial charge in [-0.2, -0.15) is 14.6 Å². The summed E-state index contributed by atoms with van der Waals surface area (Å²) in [6.07, 6.45) is 1.60. The number of hydrogen-bond donors (Lipinski definition) is 0. The van der Waals surface area contributed by atoms with Crippen molar-refractivity contribution in [1.82, 2.24) is 29.4 Å². The van der Waals surface area contributed by atoms with Crippen molar-refractivity contribution in [2.45, 2.75) is 45.7 Å². The highest BCUT2D eigenvalue weighted by atomic mass is 15.4. The van der Waals surface area contributed by atoms with Crippen LogP contribution >= 0.6 is 0 Å².